The van der Waals surface area contributed by atoms with Crippen molar-refractivity contribution >= 4 is 29.2 Å². The highest BCUT2D eigenvalue weighted by Crippen LogP contribution is 2.50. The third-order valence-corrected chi connectivity index (χ3v) is 9.23. The molecule has 2 aromatic rings. The number of phenols is 1. The van der Waals surface area contributed by atoms with Crippen LogP contribution in [0.5, 0.6) is 5.75 Å². The number of imide groups is 1. The molecule has 0 spiro atoms. The fraction of sp³-hybridized carbons (Fsp3) is 0.484. The molecule has 2 saturated heterocycles. The predicted molar refractivity (Wildman–Crippen MR) is 149 cm³/mol. The van der Waals surface area contributed by atoms with Crippen LogP contribution in [0.2, 0.25) is 0 Å². The first-order chi connectivity index (χ1) is 18.3. The van der Waals surface area contributed by atoms with Gasteiger partial charge in [0, 0.05) is 10.8 Å². The number of hydrogen-bond acceptors (Lipinski definition) is 6. The first kappa shape index (κ1) is 26.9. The molecule has 0 bridgehead atoms. The Morgan fingerprint density at radius 2 is 1.92 bits per heavy atom. The minimum absolute atomic E-state index is 0.0956. The zero-order valence-corrected chi connectivity index (χ0v) is 23.2. The van der Waals surface area contributed by atoms with Gasteiger partial charge in [0.05, 0.1) is 37.7 Å². The van der Waals surface area contributed by atoms with Gasteiger partial charge < -0.3 is 14.9 Å². The molecule has 2 aliphatic heterocycles. The van der Waals surface area contributed by atoms with E-state index in [1.807, 2.05) is 43.5 Å². The zero-order chi connectivity index (χ0) is 27.0. The van der Waals surface area contributed by atoms with Crippen molar-refractivity contribution in [2.24, 2.45) is 17.8 Å². The van der Waals surface area contributed by atoms with Gasteiger partial charge in [-0.05, 0) is 90.9 Å². The summed E-state index contributed by atoms with van der Waals surface area (Å²) in [6.07, 6.45) is 6.11. The summed E-state index contributed by atoms with van der Waals surface area (Å²) in [7, 11) is 0. The number of aromatic hydroxyl groups is 1. The average Bonchev–Trinajstić information content (AvgIpc) is 3.62. The molecule has 2 fully saturated rings. The van der Waals surface area contributed by atoms with Gasteiger partial charge in [0.2, 0.25) is 11.8 Å². The van der Waals surface area contributed by atoms with E-state index in [9.17, 15) is 19.8 Å². The second-order valence-electron chi connectivity index (χ2n) is 10.9. The number of aliphatic hydroxyl groups is 1. The Kier molecular flexibility index (Phi) is 7.89. The third kappa shape index (κ3) is 4.99. The van der Waals surface area contributed by atoms with Gasteiger partial charge >= 0.3 is 0 Å². The van der Waals surface area contributed by atoms with Crippen LogP contribution < -0.4 is 0 Å². The number of rotatable bonds is 9. The molecule has 38 heavy (non-hydrogen) atoms. The number of aryl methyl sites for hydroxylation is 2. The van der Waals surface area contributed by atoms with Crippen LogP contribution in [0.15, 0.2) is 46.4 Å². The summed E-state index contributed by atoms with van der Waals surface area (Å²) in [5, 5.41) is 22.4. The van der Waals surface area contributed by atoms with E-state index in [1.54, 1.807) is 11.3 Å². The fourth-order valence-electron chi connectivity index (χ4n) is 6.61. The van der Waals surface area contributed by atoms with Gasteiger partial charge in [-0.1, -0.05) is 31.1 Å². The molecule has 1 aliphatic carbocycles. The maximum Gasteiger partial charge on any atom is 0.234 e. The summed E-state index contributed by atoms with van der Waals surface area (Å²) in [6.45, 7) is 6.64. The van der Waals surface area contributed by atoms with Gasteiger partial charge in [-0.25, -0.2) is 0 Å². The molecule has 0 radical (unpaired) electrons. The number of carbonyl (C=O) groups is 2. The Morgan fingerprint density at radius 3 is 2.58 bits per heavy atom. The number of thiophene rings is 1. The number of amides is 2. The van der Waals surface area contributed by atoms with Gasteiger partial charge in [-0.2, -0.15) is 0 Å². The van der Waals surface area contributed by atoms with Crippen LogP contribution in [-0.2, 0) is 20.9 Å². The van der Waals surface area contributed by atoms with Gasteiger partial charge in [0.1, 0.15) is 5.75 Å². The smallest absolute Gasteiger partial charge is 0.234 e. The van der Waals surface area contributed by atoms with Crippen LogP contribution in [0, 0.1) is 31.6 Å². The van der Waals surface area contributed by atoms with Crippen LogP contribution in [-0.4, -0.2) is 46.2 Å². The van der Waals surface area contributed by atoms with Crippen molar-refractivity contribution in [1.82, 2.24) is 4.90 Å². The average molecular weight is 536 g/mol. The van der Waals surface area contributed by atoms with E-state index >= 15 is 0 Å². The largest absolute Gasteiger partial charge is 0.507 e. The highest BCUT2D eigenvalue weighted by atomic mass is 32.1. The van der Waals surface area contributed by atoms with E-state index in [1.165, 1.54) is 10.5 Å². The van der Waals surface area contributed by atoms with Crippen molar-refractivity contribution in [3.8, 4) is 5.75 Å². The minimum Gasteiger partial charge on any atom is -0.507 e. The summed E-state index contributed by atoms with van der Waals surface area (Å²) < 4.78 is 6.29. The van der Waals surface area contributed by atoms with E-state index in [4.69, 9.17) is 4.74 Å². The van der Waals surface area contributed by atoms with Gasteiger partial charge in [-0.3, -0.25) is 14.5 Å². The molecule has 3 aliphatic rings. The number of likely N-dealkylation sites (tertiary alicyclic amines) is 1. The second-order valence-corrected chi connectivity index (χ2v) is 12.0. The van der Waals surface area contributed by atoms with E-state index in [0.29, 0.717) is 25.3 Å². The highest BCUT2D eigenvalue weighted by molar-refractivity contribution is 7.09. The van der Waals surface area contributed by atoms with Gasteiger partial charge in [0.25, 0.3) is 0 Å². The van der Waals surface area contributed by atoms with Crippen molar-refractivity contribution in [2.45, 2.75) is 65.5 Å². The predicted octanol–water partition coefficient (Wildman–Crippen LogP) is 5.54. The van der Waals surface area contributed by atoms with Crippen molar-refractivity contribution in [3.05, 3.63) is 67.9 Å². The van der Waals surface area contributed by atoms with E-state index < -0.39 is 11.8 Å². The Labute approximate surface area is 228 Å². The molecule has 7 heteroatoms. The SMILES string of the molecule is CCC/C(=C\c1cc(C)c(O)c(C)c1)CC[C@H]1OC[C@H]2C1=C(CO)C[C@H]1C(=O)N(Cc3cccs3)C(=O)[C@H]12. The fourth-order valence-corrected chi connectivity index (χ4v) is 7.31. The first-order valence-corrected chi connectivity index (χ1v) is 14.5. The van der Waals surface area contributed by atoms with E-state index in [0.717, 1.165) is 58.4 Å². The molecule has 5 rings (SSSR count). The van der Waals surface area contributed by atoms with Crippen molar-refractivity contribution in [1.29, 1.82) is 0 Å². The number of carbonyl (C=O) groups excluding carboxylic acids is 2. The molecular formula is C31H37NO5S. The first-order valence-electron chi connectivity index (χ1n) is 13.6. The molecular weight excluding hydrogens is 498 g/mol. The Morgan fingerprint density at radius 1 is 1.16 bits per heavy atom. The topological polar surface area (TPSA) is 87.1 Å². The standard InChI is InChI=1S/C31H37NO5S/c1-4-6-20(13-21-11-18(2)29(34)19(3)12-21)8-9-26-27-22(16-33)14-24-28(25(27)17-37-26)31(36)32(30(24)35)15-23-7-5-10-38-23/h5,7,10-13,24-26,28,33-34H,4,6,8-9,14-17H2,1-3H3/b20-13+/t24-,25+,26-,28-/m1/s1. The third-order valence-electron chi connectivity index (χ3n) is 8.37. The Bertz CT molecular complexity index is 1250. The Balaban J connectivity index is 1.34. The minimum atomic E-state index is -0.405. The lowest BCUT2D eigenvalue weighted by Crippen LogP contribution is -2.34. The van der Waals surface area contributed by atoms with Crippen LogP contribution in [0.4, 0.5) is 0 Å². The molecule has 6 nitrogen and oxygen atoms in total. The number of aliphatic hydroxyl groups excluding tert-OH is 1. The number of allylic oxidation sites excluding steroid dienone is 1. The molecule has 0 saturated carbocycles. The number of fused-ring (bicyclic) bond motifs is 3. The van der Waals surface area contributed by atoms with Crippen LogP contribution in [0.1, 0.15) is 60.6 Å². The monoisotopic (exact) mass is 535 g/mol. The number of nitrogens with zero attached hydrogens (tertiary/aromatic N) is 1. The van der Waals surface area contributed by atoms with E-state index in [-0.39, 0.29) is 30.4 Å². The highest BCUT2D eigenvalue weighted by Gasteiger charge is 2.56. The van der Waals surface area contributed by atoms with Crippen molar-refractivity contribution < 1.29 is 24.5 Å². The second kappa shape index (κ2) is 11.2. The van der Waals surface area contributed by atoms with Crippen molar-refractivity contribution in [3.63, 3.8) is 0 Å². The lowest BCUT2D eigenvalue weighted by molar-refractivity contribution is -0.140. The molecule has 4 atom stereocenters. The molecule has 202 valence electrons. The molecule has 1 aromatic heterocycles. The molecule has 2 N–H and O–H groups in total. The quantitative estimate of drug-likeness (QED) is 0.325. The summed E-state index contributed by atoms with van der Waals surface area (Å²) in [5.41, 5.74) is 6.07. The molecule has 1 aromatic carbocycles. The summed E-state index contributed by atoms with van der Waals surface area (Å²) in [5.74, 6) is -0.816. The van der Waals surface area contributed by atoms with Gasteiger partial charge in [-0.15, -0.1) is 11.3 Å². The molecule has 2 amide bonds. The summed E-state index contributed by atoms with van der Waals surface area (Å²) in [6, 6.07) is 7.91. The number of benzene rings is 1. The van der Waals surface area contributed by atoms with Crippen LogP contribution >= 0.6 is 11.3 Å². The van der Waals surface area contributed by atoms with Crippen LogP contribution in [0.25, 0.3) is 6.08 Å². The maximum atomic E-state index is 13.5. The lowest BCUT2D eigenvalue weighted by atomic mass is 9.69. The maximum absolute atomic E-state index is 13.5. The Hall–Kier alpha value is -2.74. The van der Waals surface area contributed by atoms with Gasteiger partial charge in [0.15, 0.2) is 0 Å². The normalized spacial score (nSPS) is 25.4. The summed E-state index contributed by atoms with van der Waals surface area (Å²) >= 11 is 1.55. The zero-order valence-electron chi connectivity index (χ0n) is 22.4. The lowest BCUT2D eigenvalue weighted by Gasteiger charge is -2.31. The number of hydrogen-bond donors (Lipinski definition) is 2. The number of phenolic OH excluding ortho intramolecular Hbond substituents is 1. The summed E-state index contributed by atoms with van der Waals surface area (Å²) in [4.78, 5) is 29.2. The van der Waals surface area contributed by atoms with E-state index in [2.05, 4.69) is 13.0 Å². The molecule has 3 heterocycles. The van der Waals surface area contributed by atoms with Crippen molar-refractivity contribution in [2.75, 3.05) is 13.2 Å². The molecule has 0 unspecified atom stereocenters. The van der Waals surface area contributed by atoms with Crippen LogP contribution in [0.3, 0.4) is 0 Å². The number of ether oxygens (including phenoxy) is 1.